The van der Waals surface area contributed by atoms with Crippen molar-refractivity contribution in [3.05, 3.63) is 66.1 Å². The molecule has 0 radical (unpaired) electrons. The van der Waals surface area contributed by atoms with Gasteiger partial charge in [0.1, 0.15) is 11.6 Å². The predicted octanol–water partition coefficient (Wildman–Crippen LogP) is 3.56. The summed E-state index contributed by atoms with van der Waals surface area (Å²) in [6.45, 7) is 0. The molecule has 0 saturated heterocycles. The van der Waals surface area contributed by atoms with Gasteiger partial charge in [0.15, 0.2) is 0 Å². The number of rotatable bonds is 4. The third kappa shape index (κ3) is 4.58. The van der Waals surface area contributed by atoms with Crippen LogP contribution in [-0.2, 0) is 11.0 Å². The monoisotopic (exact) mass is 332 g/mol. The summed E-state index contributed by atoms with van der Waals surface area (Å²) in [6, 6.07) is 9.16. The van der Waals surface area contributed by atoms with Gasteiger partial charge in [0.25, 0.3) is 5.91 Å². The molecule has 0 bridgehead atoms. The average molecular weight is 332 g/mol. The first-order chi connectivity index (χ1) is 11.4. The molecule has 0 unspecified atom stereocenters. The smallest absolute Gasteiger partial charge is 0.359 e. The van der Waals surface area contributed by atoms with E-state index in [0.717, 1.165) is 18.3 Å². The average Bonchev–Trinajstić information content (AvgIpc) is 2.56. The van der Waals surface area contributed by atoms with Crippen molar-refractivity contribution in [2.75, 3.05) is 10.6 Å². The number of carbonyl (C=O) groups excluding carboxylic acids is 1. The van der Waals surface area contributed by atoms with Gasteiger partial charge >= 0.3 is 6.18 Å². The van der Waals surface area contributed by atoms with Crippen LogP contribution in [-0.4, -0.2) is 10.9 Å². The molecule has 1 heterocycles. The van der Waals surface area contributed by atoms with E-state index in [-0.39, 0.29) is 11.3 Å². The molecule has 5 nitrogen and oxygen atoms in total. The highest BCUT2D eigenvalue weighted by molar-refractivity contribution is 6.06. The Morgan fingerprint density at radius 2 is 1.96 bits per heavy atom. The molecule has 2 N–H and O–H groups in total. The fourth-order valence-electron chi connectivity index (χ4n) is 1.72. The number of hydrogen-bond acceptors (Lipinski definition) is 4. The van der Waals surface area contributed by atoms with E-state index in [1.165, 1.54) is 18.3 Å². The lowest BCUT2D eigenvalue weighted by Gasteiger charge is -2.09. The molecule has 0 aliphatic rings. The number of alkyl halides is 3. The van der Waals surface area contributed by atoms with E-state index in [1.807, 2.05) is 0 Å². The number of nitrogens with one attached hydrogen (secondary N) is 2. The molecule has 0 aliphatic heterocycles. The number of benzene rings is 1. The molecule has 1 aromatic carbocycles. The Kier molecular flexibility index (Phi) is 5.16. The van der Waals surface area contributed by atoms with E-state index >= 15 is 0 Å². The summed E-state index contributed by atoms with van der Waals surface area (Å²) in [7, 11) is 0. The molecule has 1 amide bonds. The van der Waals surface area contributed by atoms with Crippen LogP contribution in [0.5, 0.6) is 0 Å². The zero-order chi connectivity index (χ0) is 17.6. The largest absolute Gasteiger partial charge is 0.416 e. The number of aromatic nitrogens is 1. The second-order valence-corrected chi connectivity index (χ2v) is 4.59. The molecule has 0 saturated carbocycles. The predicted molar refractivity (Wildman–Crippen MR) is 81.6 cm³/mol. The van der Waals surface area contributed by atoms with Crippen LogP contribution in [0.25, 0.3) is 0 Å². The van der Waals surface area contributed by atoms with E-state index in [1.54, 1.807) is 24.4 Å². The third-order valence-electron chi connectivity index (χ3n) is 2.86. The van der Waals surface area contributed by atoms with Crippen LogP contribution in [0, 0.1) is 11.3 Å². The Labute approximate surface area is 135 Å². The number of halogens is 3. The van der Waals surface area contributed by atoms with Gasteiger partial charge < -0.3 is 10.6 Å². The second kappa shape index (κ2) is 7.28. The van der Waals surface area contributed by atoms with Gasteiger partial charge in [-0.3, -0.25) is 9.78 Å². The summed E-state index contributed by atoms with van der Waals surface area (Å²) in [4.78, 5) is 15.8. The summed E-state index contributed by atoms with van der Waals surface area (Å²) in [6.07, 6.45) is -0.326. The van der Waals surface area contributed by atoms with Crippen molar-refractivity contribution in [3.8, 4) is 6.07 Å². The van der Waals surface area contributed by atoms with Crippen LogP contribution in [0.1, 0.15) is 5.56 Å². The number of nitrogens with zero attached hydrogens (tertiary/aromatic N) is 2. The first-order valence-corrected chi connectivity index (χ1v) is 6.65. The molecule has 24 heavy (non-hydrogen) atoms. The minimum absolute atomic E-state index is 0.0580. The van der Waals surface area contributed by atoms with Crippen molar-refractivity contribution in [2.24, 2.45) is 0 Å². The highest BCUT2D eigenvalue weighted by Gasteiger charge is 2.30. The molecule has 0 fully saturated rings. The molecular weight excluding hydrogens is 321 g/mol. The molecule has 0 atom stereocenters. The molecule has 0 spiro atoms. The van der Waals surface area contributed by atoms with E-state index in [9.17, 15) is 18.0 Å². The summed E-state index contributed by atoms with van der Waals surface area (Å²) in [5.41, 5.74) is -0.693. The van der Waals surface area contributed by atoms with E-state index in [0.29, 0.717) is 5.69 Å². The lowest BCUT2D eigenvalue weighted by Crippen LogP contribution is -2.15. The third-order valence-corrected chi connectivity index (χ3v) is 2.86. The Morgan fingerprint density at radius 3 is 2.58 bits per heavy atom. The highest BCUT2D eigenvalue weighted by atomic mass is 19.4. The maximum Gasteiger partial charge on any atom is 0.416 e. The molecule has 1 aromatic heterocycles. The van der Waals surface area contributed by atoms with Gasteiger partial charge in [-0.25, -0.2) is 0 Å². The van der Waals surface area contributed by atoms with Gasteiger partial charge in [-0.1, -0.05) is 6.07 Å². The fraction of sp³-hybridized carbons (Fsp3) is 0.0625. The zero-order valence-electron chi connectivity index (χ0n) is 12.1. The van der Waals surface area contributed by atoms with E-state index in [2.05, 4.69) is 15.6 Å². The van der Waals surface area contributed by atoms with Gasteiger partial charge in [-0.05, 0) is 30.3 Å². The van der Waals surface area contributed by atoms with Crippen LogP contribution in [0.2, 0.25) is 0 Å². The molecule has 8 heteroatoms. The normalized spacial score (nSPS) is 11.5. The zero-order valence-corrected chi connectivity index (χ0v) is 12.1. The van der Waals surface area contributed by atoms with Crippen LogP contribution < -0.4 is 10.6 Å². The number of pyridine rings is 1. The number of amides is 1. The maximum absolute atomic E-state index is 12.6. The summed E-state index contributed by atoms with van der Waals surface area (Å²) in [5.74, 6) is -0.826. The molecule has 0 aliphatic carbocycles. The van der Waals surface area contributed by atoms with Gasteiger partial charge in [0, 0.05) is 18.1 Å². The van der Waals surface area contributed by atoms with E-state index in [4.69, 9.17) is 5.26 Å². The molecular formula is C16H11F3N4O. The van der Waals surface area contributed by atoms with Crippen molar-refractivity contribution in [2.45, 2.75) is 6.18 Å². The lowest BCUT2D eigenvalue weighted by atomic mass is 10.2. The first-order valence-electron chi connectivity index (χ1n) is 6.65. The topological polar surface area (TPSA) is 77.8 Å². The van der Waals surface area contributed by atoms with Crippen molar-refractivity contribution in [1.82, 2.24) is 4.98 Å². The Balaban J connectivity index is 2.11. The fourth-order valence-corrected chi connectivity index (χ4v) is 1.72. The lowest BCUT2D eigenvalue weighted by molar-refractivity contribution is -0.137. The Bertz CT molecular complexity index is 795. The quantitative estimate of drug-likeness (QED) is 0.663. The number of carbonyl (C=O) groups is 1. The van der Waals surface area contributed by atoms with Crippen LogP contribution >= 0.6 is 0 Å². The van der Waals surface area contributed by atoms with Gasteiger partial charge in [0.05, 0.1) is 17.4 Å². The highest BCUT2D eigenvalue weighted by Crippen LogP contribution is 2.30. The van der Waals surface area contributed by atoms with Crippen LogP contribution in [0.4, 0.5) is 24.5 Å². The summed E-state index contributed by atoms with van der Waals surface area (Å²) in [5, 5.41) is 14.0. The number of anilines is 2. The minimum Gasteiger partial charge on any atom is -0.359 e. The molecule has 2 rings (SSSR count). The second-order valence-electron chi connectivity index (χ2n) is 4.59. The van der Waals surface area contributed by atoms with Gasteiger partial charge in [0.2, 0.25) is 0 Å². The van der Waals surface area contributed by atoms with Crippen molar-refractivity contribution < 1.29 is 18.0 Å². The summed E-state index contributed by atoms with van der Waals surface area (Å²) >= 11 is 0. The number of hydrogen-bond donors (Lipinski definition) is 2. The standard InChI is InChI=1S/C16H11F3N4O/c17-16(18,19)12-3-1-4-13(7-12)23-15(24)11(8-20)9-22-14-5-2-6-21-10-14/h1-7,9-10,22H,(H,23,24)/b11-9-. The van der Waals surface area contributed by atoms with E-state index < -0.39 is 17.6 Å². The Morgan fingerprint density at radius 1 is 1.21 bits per heavy atom. The minimum atomic E-state index is -4.52. The van der Waals surface area contributed by atoms with Crippen LogP contribution in [0.3, 0.4) is 0 Å². The Hall–Kier alpha value is -3.34. The molecule has 2 aromatic rings. The summed E-state index contributed by atoms with van der Waals surface area (Å²) < 4.78 is 37.9. The van der Waals surface area contributed by atoms with Crippen molar-refractivity contribution in [1.29, 1.82) is 5.26 Å². The van der Waals surface area contributed by atoms with Crippen molar-refractivity contribution >= 4 is 17.3 Å². The SMILES string of the molecule is N#C/C(=C/Nc1cccnc1)C(=O)Nc1cccc(C(F)(F)F)c1. The van der Waals surface area contributed by atoms with Crippen molar-refractivity contribution in [3.63, 3.8) is 0 Å². The number of nitriles is 1. The first kappa shape index (κ1) is 17.0. The molecule has 122 valence electrons. The van der Waals surface area contributed by atoms with Gasteiger partial charge in [-0.15, -0.1) is 0 Å². The van der Waals surface area contributed by atoms with Crippen LogP contribution in [0.15, 0.2) is 60.6 Å². The van der Waals surface area contributed by atoms with Gasteiger partial charge in [-0.2, -0.15) is 18.4 Å². The maximum atomic E-state index is 12.6.